The van der Waals surface area contributed by atoms with Gasteiger partial charge in [-0.05, 0) is 139 Å². The molecule has 1 unspecified atom stereocenters. The summed E-state index contributed by atoms with van der Waals surface area (Å²) in [6.45, 7) is 5.08. The maximum atomic E-state index is 14.4. The van der Waals surface area contributed by atoms with Crippen LogP contribution in [0.5, 0.6) is 0 Å². The molecule has 0 spiro atoms. The Morgan fingerprint density at radius 1 is 0.532 bits per heavy atom. The van der Waals surface area contributed by atoms with Gasteiger partial charge in [-0.2, -0.15) is 4.99 Å². The van der Waals surface area contributed by atoms with Gasteiger partial charge in [0.05, 0.1) is 52.1 Å². The average Bonchev–Trinajstić information content (AvgIpc) is 1.65. The van der Waals surface area contributed by atoms with Gasteiger partial charge in [0, 0.05) is 202 Å². The maximum absolute atomic E-state index is 14.4. The van der Waals surface area contributed by atoms with Crippen molar-refractivity contribution >= 4 is 150 Å². The number of likely N-dealkylation sites (tertiary alicyclic amines) is 3. The number of anilines is 1. The molecule has 669 valence electrons. The van der Waals surface area contributed by atoms with Crippen LogP contribution in [0.25, 0.3) is 32.7 Å². The number of carboxylic acid groups (broad SMARTS) is 1. The molecule has 2 saturated carbocycles. The molecular formula is C88H96Cl3F6N13O14WY. The number of Topliss-reactive ketones (excluding diaryl/α,β-unsaturated/α-hetero) is 3. The summed E-state index contributed by atoms with van der Waals surface area (Å²) in [5, 5.41) is 23.7. The number of rotatable bonds is 22. The number of isocyanates is 1. The number of halogens is 9. The number of hydrogen-bond donors (Lipinski definition) is 7. The fourth-order valence-electron chi connectivity index (χ4n) is 14.5. The molecule has 15 rings (SSSR count). The normalized spacial score (nSPS) is 18.2. The van der Waals surface area contributed by atoms with E-state index in [0.717, 1.165) is 29.2 Å². The van der Waals surface area contributed by atoms with Gasteiger partial charge in [0.1, 0.15) is 73.7 Å². The monoisotopic (exact) mass is 2050 g/mol. The van der Waals surface area contributed by atoms with Crippen molar-refractivity contribution in [2.45, 2.75) is 194 Å². The first kappa shape index (κ1) is 103. The number of amides is 8. The number of hydrogen-bond acceptors (Lipinski definition) is 15. The second-order valence-electron chi connectivity index (χ2n) is 30.4. The van der Waals surface area contributed by atoms with Crippen molar-refractivity contribution in [3.63, 3.8) is 0 Å². The molecule has 8 amide bonds. The van der Waals surface area contributed by atoms with E-state index < -0.39 is 95.5 Å². The number of nitrogens with two attached hydrogens (primary N) is 1. The van der Waals surface area contributed by atoms with Crippen LogP contribution >= 0.6 is 34.8 Å². The Bertz CT molecular complexity index is 5390. The Kier molecular flexibility index (Phi) is 38.2. The van der Waals surface area contributed by atoms with Gasteiger partial charge in [-0.25, -0.2) is 40.7 Å². The van der Waals surface area contributed by atoms with Gasteiger partial charge in [-0.1, -0.05) is 86.1 Å². The molecule has 4 aliphatic heterocycles. The smallest absolute Gasteiger partial charge is 0.335 e. The van der Waals surface area contributed by atoms with E-state index >= 15 is 0 Å². The van der Waals surface area contributed by atoms with E-state index in [1.807, 2.05) is 0 Å². The van der Waals surface area contributed by atoms with E-state index in [1.165, 1.54) is 152 Å². The summed E-state index contributed by atoms with van der Waals surface area (Å²) in [6.07, 6.45) is 8.63. The van der Waals surface area contributed by atoms with Gasteiger partial charge < -0.3 is 70.6 Å². The van der Waals surface area contributed by atoms with E-state index in [4.69, 9.17) is 45.3 Å². The molecule has 7 heterocycles. The standard InChI is InChI=1S/C28H28ClF2N5O4.C25H21ClF2N4O4.C25H22ClF2N3O5.C5H10O.C3H7N.2CH4.W.Y/c1-15(37)21-13-35(23-8-7-19(10-20(21)23)34-28(40)33-18-5-6-18)14-25(38)36-12-17(30)9-24(36)27(39)32-11-16-3-2-4-22(29)26(16)31;1-14(34)19-11-31(21-6-5-17(30-13-33)8-18(19)21)12-23(35)32-10-16(27)7-22(32)25(36)29-9-15-3-2-4-20(26)24(15)28;1-13(32)18-11-30(20-6-5-14(25(35)36)7-17(18)20)12-22(33)31-10-16(27)8-21(31)24(34)29-9-15-3-2-4-19(26)23(15)28;1-5-3-2-4-6-5;4-3-1-2-3;;;;/h2-4,7-8,10,13,17-18,24H,5-6,9,11-12,14H2,1H3,(H,32,39)(H2,33,34,40);2-6,8,11,16,22H,7,9-10,12H2,1H3,(H,29,36);2-7,11,16,21H,8-10,12H2,1H3,(H,29,34)(H,35,36);5H,2-4H2,1H3;3H,1-2,4H2;2*1H4;;/t17-,24+;16-,22+;16-,21+;;;;;;/m111....../s1. The van der Waals surface area contributed by atoms with Crippen LogP contribution in [0.15, 0.2) is 133 Å². The first-order chi connectivity index (χ1) is 58.1. The molecule has 126 heavy (non-hydrogen) atoms. The molecule has 38 heteroatoms. The Morgan fingerprint density at radius 3 is 1.22 bits per heavy atom. The zero-order chi connectivity index (χ0) is 88.1. The summed E-state index contributed by atoms with van der Waals surface area (Å²) in [7, 11) is 0. The van der Waals surface area contributed by atoms with Crippen LogP contribution < -0.4 is 32.3 Å². The van der Waals surface area contributed by atoms with Crippen LogP contribution in [0, 0.1) is 17.5 Å². The van der Waals surface area contributed by atoms with E-state index in [9.17, 15) is 89.0 Å². The molecule has 6 fully saturated rings. The van der Waals surface area contributed by atoms with Crippen LogP contribution in [-0.4, -0.2) is 185 Å². The van der Waals surface area contributed by atoms with Gasteiger partial charge in [-0.3, -0.25) is 43.2 Å². The zero-order valence-corrected chi connectivity index (χ0v) is 75.6. The number of carbonyl (C=O) groups is 11. The van der Waals surface area contributed by atoms with Crippen molar-refractivity contribution in [1.82, 2.24) is 49.7 Å². The molecule has 1 radical (unpaired) electrons. The number of carboxylic acids is 1. The van der Waals surface area contributed by atoms with Crippen LogP contribution in [0.3, 0.4) is 0 Å². The number of carbonyl (C=O) groups excluding carboxylic acids is 11. The summed E-state index contributed by atoms with van der Waals surface area (Å²) in [5.74, 6) is -7.38. The topological polar surface area (TPSA) is 357 Å². The number of nitrogens with one attached hydrogen (secondary N) is 5. The Balaban J connectivity index is 0.000000241. The SMILES string of the molecule is C.C.CC(=O)c1cn(CC(=O)N2C[C@H](F)C[C@H]2C(=O)NCc2cccc(Cl)c2F)c2ccc(C(=O)O)cc12.CC(=O)c1cn(CC(=O)N2C[C@H](F)C[C@H]2C(=O)NCc2cccc(Cl)c2F)c2ccc(N=C=O)cc12.CC(=O)c1cn(CC(=O)N2C[C@H](F)C[C@H]2C(=O)NCc2cccc(Cl)c2F)c2ccc(NC(=O)NC3CC3)cc12.CC1CCCO1.NC1CC1.[W].[Y]. The van der Waals surface area contributed by atoms with Crippen molar-refractivity contribution in [3.8, 4) is 0 Å². The number of aliphatic imine (C=N–C) groups is 1. The third-order valence-corrected chi connectivity index (χ3v) is 22.0. The Hall–Kier alpha value is -9.95. The van der Waals surface area contributed by atoms with Crippen LogP contribution in [0.4, 0.5) is 42.5 Å². The second-order valence-corrected chi connectivity index (χ2v) is 31.6. The van der Waals surface area contributed by atoms with Crippen molar-refractivity contribution in [1.29, 1.82) is 0 Å². The largest absolute Gasteiger partial charge is 0.478 e. The van der Waals surface area contributed by atoms with Gasteiger partial charge in [0.15, 0.2) is 17.3 Å². The number of ketones is 3. The summed E-state index contributed by atoms with van der Waals surface area (Å²) in [6, 6.07) is 24.3. The molecule has 6 aliphatic rings. The average molecular weight is 2050 g/mol. The van der Waals surface area contributed by atoms with Gasteiger partial charge in [-0.15, -0.1) is 0 Å². The fraction of sp³-hybridized carbons (Fsp3) is 0.386. The number of aromatic carboxylic acids is 1. The number of aromatic nitrogens is 3. The fourth-order valence-corrected chi connectivity index (χ4v) is 15.0. The third kappa shape index (κ3) is 26.6. The van der Waals surface area contributed by atoms with E-state index in [2.05, 4.69) is 38.5 Å². The summed E-state index contributed by atoms with van der Waals surface area (Å²) in [4.78, 5) is 156. The predicted octanol–water partition coefficient (Wildman–Crippen LogP) is 14.2. The summed E-state index contributed by atoms with van der Waals surface area (Å²) >= 11 is 17.3. The summed E-state index contributed by atoms with van der Waals surface area (Å²) in [5.41, 5.74) is 8.96. The Morgan fingerprint density at radius 2 is 0.897 bits per heavy atom. The third-order valence-electron chi connectivity index (χ3n) is 21.1. The molecule has 0 bridgehead atoms. The minimum absolute atomic E-state index is 0. The van der Waals surface area contributed by atoms with E-state index in [0.29, 0.717) is 67.4 Å². The van der Waals surface area contributed by atoms with Crippen LogP contribution in [0.2, 0.25) is 15.1 Å². The molecule has 3 aromatic heterocycles. The molecule has 7 atom stereocenters. The molecule has 27 nitrogen and oxygen atoms in total. The van der Waals surface area contributed by atoms with E-state index in [-0.39, 0.29) is 219 Å². The number of urea groups is 1. The number of fused-ring (bicyclic) bond motifs is 3. The molecular weight excluding hydrogens is 1960 g/mol. The van der Waals surface area contributed by atoms with Crippen molar-refractivity contribution in [2.24, 2.45) is 10.7 Å². The van der Waals surface area contributed by atoms with Crippen LogP contribution in [-0.2, 0) is 131 Å². The van der Waals surface area contributed by atoms with Crippen LogP contribution in [0.1, 0.15) is 158 Å². The van der Waals surface area contributed by atoms with Gasteiger partial charge in [0.2, 0.25) is 41.5 Å². The number of ether oxygens (including phenoxy) is 1. The molecule has 6 aromatic carbocycles. The molecule has 2 aliphatic carbocycles. The number of alkyl halides is 3. The number of nitrogens with zero attached hydrogens (tertiary/aromatic N) is 7. The zero-order valence-electron chi connectivity index (χ0n) is 67.6. The summed E-state index contributed by atoms with van der Waals surface area (Å²) < 4.78 is 95.2. The maximum Gasteiger partial charge on any atom is 0.335 e. The molecule has 4 saturated heterocycles. The van der Waals surface area contributed by atoms with Gasteiger partial charge in [0.25, 0.3) is 0 Å². The minimum atomic E-state index is -1.42. The van der Waals surface area contributed by atoms with Crippen molar-refractivity contribution in [3.05, 3.63) is 199 Å². The molecule has 9 aromatic rings. The molecule has 8 N–H and O–H groups in total. The van der Waals surface area contributed by atoms with Crippen molar-refractivity contribution < 1.29 is 147 Å². The minimum Gasteiger partial charge on any atom is -0.478 e. The predicted molar refractivity (Wildman–Crippen MR) is 456 cm³/mol. The first-order valence-corrected chi connectivity index (χ1v) is 40.4. The van der Waals surface area contributed by atoms with Crippen molar-refractivity contribution in [2.75, 3.05) is 31.6 Å². The first-order valence-electron chi connectivity index (χ1n) is 39.2. The number of benzene rings is 6. The second kappa shape index (κ2) is 46.7. The quantitative estimate of drug-likeness (QED) is 0.0143. The van der Waals surface area contributed by atoms with Gasteiger partial charge >= 0.3 is 12.0 Å². The Labute approximate surface area is 777 Å². The van der Waals surface area contributed by atoms with E-state index in [1.54, 1.807) is 47.2 Å².